The Labute approximate surface area is 157 Å². The van der Waals surface area contributed by atoms with Crippen LogP contribution in [-0.4, -0.2) is 47.3 Å². The van der Waals surface area contributed by atoms with E-state index < -0.39 is 18.2 Å². The molecule has 0 aromatic heterocycles. The highest BCUT2D eigenvalue weighted by atomic mass is 19.1. The minimum absolute atomic E-state index is 0.156. The van der Waals surface area contributed by atoms with Gasteiger partial charge in [0.15, 0.2) is 0 Å². The van der Waals surface area contributed by atoms with Gasteiger partial charge in [-0.05, 0) is 35.2 Å². The largest absolute Gasteiger partial charge is 0.391 e. The van der Waals surface area contributed by atoms with Gasteiger partial charge in [-0.3, -0.25) is 4.79 Å². The fourth-order valence-corrected chi connectivity index (χ4v) is 3.97. The van der Waals surface area contributed by atoms with Crippen molar-refractivity contribution in [3.63, 3.8) is 0 Å². The van der Waals surface area contributed by atoms with Gasteiger partial charge < -0.3 is 20.5 Å². The number of rotatable bonds is 2. The van der Waals surface area contributed by atoms with Gasteiger partial charge in [0.05, 0.1) is 24.8 Å². The molecule has 0 radical (unpaired) electrons. The number of amides is 1. The summed E-state index contributed by atoms with van der Waals surface area (Å²) in [7, 11) is 0. The number of nitrogens with zero attached hydrogens (tertiary/aromatic N) is 1. The topological polar surface area (TPSA) is 75.8 Å². The number of benzene rings is 2. The predicted octanol–water partition coefficient (Wildman–Crippen LogP) is 1.78. The lowest BCUT2D eigenvalue weighted by atomic mass is 9.87. The molecule has 4 atom stereocenters. The molecule has 27 heavy (non-hydrogen) atoms. The second-order valence-corrected chi connectivity index (χ2v) is 7.22. The van der Waals surface area contributed by atoms with Crippen molar-refractivity contribution in [2.24, 2.45) is 5.73 Å². The lowest BCUT2D eigenvalue weighted by Gasteiger charge is -2.41. The van der Waals surface area contributed by atoms with Crippen molar-refractivity contribution in [3.8, 4) is 0 Å². The van der Waals surface area contributed by atoms with E-state index in [0.717, 1.165) is 17.5 Å². The van der Waals surface area contributed by atoms with E-state index in [4.69, 9.17) is 10.5 Å². The Kier molecular flexibility index (Phi) is 4.95. The highest BCUT2D eigenvalue weighted by Crippen LogP contribution is 2.36. The monoisotopic (exact) mass is 370 g/mol. The minimum Gasteiger partial charge on any atom is -0.391 e. The van der Waals surface area contributed by atoms with Crippen LogP contribution in [0, 0.1) is 5.82 Å². The zero-order valence-electron chi connectivity index (χ0n) is 14.9. The molecular formula is C21H23FN2O3. The van der Waals surface area contributed by atoms with E-state index in [1.807, 2.05) is 18.2 Å². The molecule has 0 aliphatic carbocycles. The first-order chi connectivity index (χ1) is 13.0. The van der Waals surface area contributed by atoms with Gasteiger partial charge in [0.2, 0.25) is 0 Å². The van der Waals surface area contributed by atoms with Crippen molar-refractivity contribution < 1.29 is 19.0 Å². The van der Waals surface area contributed by atoms with E-state index in [1.165, 1.54) is 17.7 Å². The summed E-state index contributed by atoms with van der Waals surface area (Å²) < 4.78 is 19.1. The van der Waals surface area contributed by atoms with Gasteiger partial charge >= 0.3 is 0 Å². The number of halogens is 1. The number of hydrogen-bond acceptors (Lipinski definition) is 4. The number of carbonyl (C=O) groups excluding carboxylic acids is 1. The van der Waals surface area contributed by atoms with Gasteiger partial charge in [0.25, 0.3) is 5.91 Å². The maximum Gasteiger partial charge on any atom is 0.252 e. The molecule has 0 unspecified atom stereocenters. The number of ether oxygens (including phenoxy) is 1. The standard InChI is InChI=1S/C21H23FN2O3/c22-15-7-5-14(6-8-15)20-16-4-2-1-3-13(16)9-10-24(20)21(26)19-11-18(25)17(23)12-27-19/h1-8,17-20,25H,9-12,23H2/t17-,18-,19-,20-/m0/s1. The van der Waals surface area contributed by atoms with Crippen LogP contribution < -0.4 is 5.73 Å². The van der Waals surface area contributed by atoms with Crippen LogP contribution in [0.15, 0.2) is 48.5 Å². The average molecular weight is 370 g/mol. The molecule has 3 N–H and O–H groups in total. The van der Waals surface area contributed by atoms with E-state index in [-0.39, 0.29) is 30.8 Å². The molecule has 0 saturated carbocycles. The van der Waals surface area contributed by atoms with Crippen LogP contribution in [0.4, 0.5) is 4.39 Å². The molecule has 5 nitrogen and oxygen atoms in total. The van der Waals surface area contributed by atoms with E-state index in [2.05, 4.69) is 6.07 Å². The number of carbonyl (C=O) groups is 1. The van der Waals surface area contributed by atoms with Crippen LogP contribution in [0.3, 0.4) is 0 Å². The highest BCUT2D eigenvalue weighted by Gasteiger charge is 2.39. The molecule has 2 heterocycles. The molecule has 0 bridgehead atoms. The first kappa shape index (κ1) is 18.1. The Morgan fingerprint density at radius 2 is 1.93 bits per heavy atom. The number of hydrogen-bond donors (Lipinski definition) is 2. The fraction of sp³-hybridized carbons (Fsp3) is 0.381. The van der Waals surface area contributed by atoms with E-state index >= 15 is 0 Å². The third-order valence-corrected chi connectivity index (χ3v) is 5.47. The van der Waals surface area contributed by atoms with Crippen LogP contribution in [0.2, 0.25) is 0 Å². The molecule has 2 aromatic rings. The van der Waals surface area contributed by atoms with Crippen LogP contribution in [0.25, 0.3) is 0 Å². The van der Waals surface area contributed by atoms with Gasteiger partial charge in [-0.25, -0.2) is 4.39 Å². The molecule has 2 aliphatic heterocycles. The Hall–Kier alpha value is -2.28. The third-order valence-electron chi connectivity index (χ3n) is 5.47. The van der Waals surface area contributed by atoms with E-state index in [0.29, 0.717) is 6.54 Å². The van der Waals surface area contributed by atoms with Gasteiger partial charge in [-0.1, -0.05) is 36.4 Å². The number of aliphatic hydroxyl groups is 1. The molecule has 2 aliphatic rings. The summed E-state index contributed by atoms with van der Waals surface area (Å²) in [6, 6.07) is 13.5. The number of aliphatic hydroxyl groups excluding tert-OH is 1. The summed E-state index contributed by atoms with van der Waals surface area (Å²) in [5, 5.41) is 10.0. The number of nitrogens with two attached hydrogens (primary N) is 1. The molecule has 6 heteroatoms. The van der Waals surface area contributed by atoms with Gasteiger partial charge in [-0.15, -0.1) is 0 Å². The van der Waals surface area contributed by atoms with Gasteiger partial charge in [0, 0.05) is 13.0 Å². The van der Waals surface area contributed by atoms with Crippen molar-refractivity contribution in [1.82, 2.24) is 4.90 Å². The maximum absolute atomic E-state index is 13.4. The summed E-state index contributed by atoms with van der Waals surface area (Å²) in [5.74, 6) is -0.474. The van der Waals surface area contributed by atoms with Crippen molar-refractivity contribution in [2.45, 2.75) is 37.1 Å². The SMILES string of the molecule is N[C@H]1CO[C@H](C(=O)N2CCc3ccccc3[C@@H]2c2ccc(F)cc2)C[C@@H]1O. The third kappa shape index (κ3) is 3.48. The predicted molar refractivity (Wildman–Crippen MR) is 98.4 cm³/mol. The molecule has 1 saturated heterocycles. The Balaban J connectivity index is 1.68. The average Bonchev–Trinajstić information content (AvgIpc) is 2.69. The second kappa shape index (κ2) is 7.38. The Bertz CT molecular complexity index is 826. The molecule has 2 aromatic carbocycles. The minimum atomic E-state index is -0.756. The van der Waals surface area contributed by atoms with Crippen LogP contribution in [0.5, 0.6) is 0 Å². The molecule has 1 fully saturated rings. The molecule has 1 amide bonds. The van der Waals surface area contributed by atoms with E-state index in [1.54, 1.807) is 17.0 Å². The summed E-state index contributed by atoms with van der Waals surface area (Å²) >= 11 is 0. The van der Waals surface area contributed by atoms with Gasteiger partial charge in [0.1, 0.15) is 11.9 Å². The maximum atomic E-state index is 13.4. The summed E-state index contributed by atoms with van der Waals surface area (Å²) in [6.07, 6.45) is -0.537. The van der Waals surface area contributed by atoms with Crippen LogP contribution in [-0.2, 0) is 16.0 Å². The summed E-state index contributed by atoms with van der Waals surface area (Å²) in [6.45, 7) is 0.698. The normalized spacial score (nSPS) is 27.9. The smallest absolute Gasteiger partial charge is 0.252 e. The Morgan fingerprint density at radius 1 is 1.19 bits per heavy atom. The summed E-state index contributed by atoms with van der Waals surface area (Å²) in [5.41, 5.74) is 8.85. The summed E-state index contributed by atoms with van der Waals surface area (Å²) in [4.78, 5) is 15.0. The van der Waals surface area contributed by atoms with Crippen molar-refractivity contribution in [1.29, 1.82) is 0 Å². The fourth-order valence-electron chi connectivity index (χ4n) is 3.97. The number of fused-ring (bicyclic) bond motifs is 1. The van der Waals surface area contributed by atoms with Crippen molar-refractivity contribution in [2.75, 3.05) is 13.2 Å². The lowest BCUT2D eigenvalue weighted by molar-refractivity contribution is -0.154. The molecule has 142 valence electrons. The zero-order valence-corrected chi connectivity index (χ0v) is 14.9. The van der Waals surface area contributed by atoms with Crippen molar-refractivity contribution in [3.05, 3.63) is 71.0 Å². The molecular weight excluding hydrogens is 347 g/mol. The highest BCUT2D eigenvalue weighted by molar-refractivity contribution is 5.82. The molecule has 4 rings (SSSR count). The first-order valence-corrected chi connectivity index (χ1v) is 9.23. The van der Waals surface area contributed by atoms with Crippen molar-refractivity contribution >= 4 is 5.91 Å². The van der Waals surface area contributed by atoms with Gasteiger partial charge in [-0.2, -0.15) is 0 Å². The second-order valence-electron chi connectivity index (χ2n) is 7.22. The first-order valence-electron chi connectivity index (χ1n) is 9.23. The quantitative estimate of drug-likeness (QED) is 0.845. The molecule has 0 spiro atoms. The lowest BCUT2D eigenvalue weighted by Crippen LogP contribution is -2.53. The van der Waals surface area contributed by atoms with Crippen LogP contribution in [0.1, 0.15) is 29.2 Å². The van der Waals surface area contributed by atoms with Crippen LogP contribution >= 0.6 is 0 Å². The zero-order chi connectivity index (χ0) is 19.0. The van der Waals surface area contributed by atoms with E-state index in [9.17, 15) is 14.3 Å². The Morgan fingerprint density at radius 3 is 2.67 bits per heavy atom.